The van der Waals surface area contributed by atoms with Crippen molar-refractivity contribution >= 4 is 28.3 Å². The van der Waals surface area contributed by atoms with Gasteiger partial charge in [-0.05, 0) is 26.7 Å². The number of aliphatic imine (C=N–C) groups is 1. The zero-order chi connectivity index (χ0) is 13.0. The molecule has 0 saturated carbocycles. The lowest BCUT2D eigenvalue weighted by atomic mass is 9.96. The standard InChI is InChI=1S/C13H21N3S2/c1-4-13(3)6-8-17-12(16-13)14-7-5-11-15-10(2)9-18-11/h9H,4-8H2,1-3H3,(H,14,16). The highest BCUT2D eigenvalue weighted by molar-refractivity contribution is 8.13. The van der Waals surface area contributed by atoms with Gasteiger partial charge in [0.1, 0.15) is 0 Å². The van der Waals surface area contributed by atoms with Gasteiger partial charge in [0.15, 0.2) is 5.17 Å². The Morgan fingerprint density at radius 3 is 3.06 bits per heavy atom. The highest BCUT2D eigenvalue weighted by Gasteiger charge is 2.27. The Morgan fingerprint density at radius 1 is 1.56 bits per heavy atom. The number of aryl methyl sites for hydroxylation is 1. The second kappa shape index (κ2) is 6.06. The summed E-state index contributed by atoms with van der Waals surface area (Å²) < 4.78 is 0. The molecule has 1 N–H and O–H groups in total. The molecule has 1 atom stereocenters. The summed E-state index contributed by atoms with van der Waals surface area (Å²) in [6, 6.07) is 0. The zero-order valence-electron chi connectivity index (χ0n) is 11.3. The van der Waals surface area contributed by atoms with E-state index in [2.05, 4.69) is 34.5 Å². The maximum absolute atomic E-state index is 4.67. The summed E-state index contributed by atoms with van der Waals surface area (Å²) in [4.78, 5) is 9.13. The van der Waals surface area contributed by atoms with Crippen molar-refractivity contribution < 1.29 is 0 Å². The van der Waals surface area contributed by atoms with Gasteiger partial charge in [-0.15, -0.1) is 11.3 Å². The molecule has 0 aliphatic carbocycles. The first-order valence-electron chi connectivity index (χ1n) is 6.48. The molecule has 1 fully saturated rings. The molecular formula is C13H21N3S2. The Morgan fingerprint density at radius 2 is 2.39 bits per heavy atom. The maximum Gasteiger partial charge on any atom is 0.156 e. The van der Waals surface area contributed by atoms with Crippen molar-refractivity contribution in [3.05, 3.63) is 16.1 Å². The Kier molecular flexibility index (Phi) is 4.67. The van der Waals surface area contributed by atoms with Crippen LogP contribution in [0.4, 0.5) is 0 Å². The number of aromatic nitrogens is 1. The normalized spacial score (nSPS) is 26.3. The van der Waals surface area contributed by atoms with E-state index in [1.54, 1.807) is 11.3 Å². The second-order valence-electron chi connectivity index (χ2n) is 4.96. The lowest BCUT2D eigenvalue weighted by molar-refractivity contribution is 0.390. The van der Waals surface area contributed by atoms with Crippen LogP contribution in [0.25, 0.3) is 0 Å². The highest BCUT2D eigenvalue weighted by Crippen LogP contribution is 2.24. The average Bonchev–Trinajstić information content (AvgIpc) is 2.75. The van der Waals surface area contributed by atoms with E-state index in [-0.39, 0.29) is 5.54 Å². The fraction of sp³-hybridized carbons (Fsp3) is 0.692. The molecule has 0 spiro atoms. The van der Waals surface area contributed by atoms with Crippen molar-refractivity contribution in [2.24, 2.45) is 4.99 Å². The number of thioether (sulfide) groups is 1. The van der Waals surface area contributed by atoms with Gasteiger partial charge >= 0.3 is 0 Å². The first kappa shape index (κ1) is 13.9. The lowest BCUT2D eigenvalue weighted by Gasteiger charge is -2.35. The van der Waals surface area contributed by atoms with Gasteiger partial charge in [-0.25, -0.2) is 4.98 Å². The molecule has 18 heavy (non-hydrogen) atoms. The molecular weight excluding hydrogens is 262 g/mol. The maximum atomic E-state index is 4.67. The molecule has 1 aliphatic rings. The minimum atomic E-state index is 0.238. The topological polar surface area (TPSA) is 37.3 Å². The fourth-order valence-electron chi connectivity index (χ4n) is 1.85. The van der Waals surface area contributed by atoms with Crippen molar-refractivity contribution in [3.63, 3.8) is 0 Å². The summed E-state index contributed by atoms with van der Waals surface area (Å²) in [6.07, 6.45) is 3.32. The van der Waals surface area contributed by atoms with E-state index in [1.807, 2.05) is 18.7 Å². The minimum Gasteiger partial charge on any atom is -0.360 e. The van der Waals surface area contributed by atoms with E-state index in [0.717, 1.165) is 30.2 Å². The third-order valence-electron chi connectivity index (χ3n) is 3.33. The van der Waals surface area contributed by atoms with Crippen LogP contribution in [0.2, 0.25) is 0 Å². The van der Waals surface area contributed by atoms with Crippen LogP contribution >= 0.6 is 23.1 Å². The molecule has 1 saturated heterocycles. The predicted molar refractivity (Wildman–Crippen MR) is 81.8 cm³/mol. The first-order valence-corrected chi connectivity index (χ1v) is 8.34. The van der Waals surface area contributed by atoms with Crippen LogP contribution in [-0.4, -0.2) is 28.0 Å². The van der Waals surface area contributed by atoms with E-state index in [1.165, 1.54) is 17.2 Å². The Balaban J connectivity index is 1.85. The van der Waals surface area contributed by atoms with Gasteiger partial charge in [0.25, 0.3) is 0 Å². The van der Waals surface area contributed by atoms with Crippen LogP contribution in [0.15, 0.2) is 10.4 Å². The van der Waals surface area contributed by atoms with Crippen molar-refractivity contribution in [2.45, 2.75) is 45.6 Å². The predicted octanol–water partition coefficient (Wildman–Crippen LogP) is 3.25. The molecule has 2 heterocycles. The Bertz CT molecular complexity index is 428. The zero-order valence-corrected chi connectivity index (χ0v) is 13.0. The third-order valence-corrected chi connectivity index (χ3v) is 5.27. The number of thiazole rings is 1. The Labute approximate surface area is 118 Å². The highest BCUT2D eigenvalue weighted by atomic mass is 32.2. The van der Waals surface area contributed by atoms with Gasteiger partial charge in [0, 0.05) is 35.3 Å². The summed E-state index contributed by atoms with van der Waals surface area (Å²) in [5.41, 5.74) is 1.35. The van der Waals surface area contributed by atoms with Crippen molar-refractivity contribution in [3.8, 4) is 0 Å². The number of nitrogens with zero attached hydrogens (tertiary/aromatic N) is 2. The van der Waals surface area contributed by atoms with Crippen molar-refractivity contribution in [2.75, 3.05) is 12.3 Å². The van der Waals surface area contributed by atoms with Crippen LogP contribution in [0, 0.1) is 6.92 Å². The van der Waals surface area contributed by atoms with E-state index in [9.17, 15) is 0 Å². The van der Waals surface area contributed by atoms with E-state index in [0.29, 0.717) is 0 Å². The van der Waals surface area contributed by atoms with Gasteiger partial charge < -0.3 is 5.32 Å². The largest absolute Gasteiger partial charge is 0.360 e. The molecule has 5 heteroatoms. The van der Waals surface area contributed by atoms with Gasteiger partial charge in [-0.1, -0.05) is 18.7 Å². The molecule has 100 valence electrons. The summed E-state index contributed by atoms with van der Waals surface area (Å²) in [5, 5.41) is 7.97. The van der Waals surface area contributed by atoms with Crippen LogP contribution in [0.1, 0.15) is 37.4 Å². The lowest BCUT2D eigenvalue weighted by Crippen LogP contribution is -2.48. The van der Waals surface area contributed by atoms with Gasteiger partial charge in [-0.2, -0.15) is 0 Å². The summed E-state index contributed by atoms with van der Waals surface area (Å²) in [7, 11) is 0. The molecule has 2 rings (SSSR count). The van der Waals surface area contributed by atoms with Crippen molar-refractivity contribution in [1.82, 2.24) is 10.3 Å². The molecule has 1 aromatic heterocycles. The van der Waals surface area contributed by atoms with Crippen LogP contribution in [0.3, 0.4) is 0 Å². The molecule has 1 aliphatic heterocycles. The monoisotopic (exact) mass is 283 g/mol. The quantitative estimate of drug-likeness (QED) is 0.921. The smallest absolute Gasteiger partial charge is 0.156 e. The molecule has 1 unspecified atom stereocenters. The fourth-order valence-corrected chi connectivity index (χ4v) is 3.86. The van der Waals surface area contributed by atoms with E-state index >= 15 is 0 Å². The van der Waals surface area contributed by atoms with Crippen LogP contribution < -0.4 is 5.32 Å². The third kappa shape index (κ3) is 3.72. The van der Waals surface area contributed by atoms with Gasteiger partial charge in [0.2, 0.25) is 0 Å². The average molecular weight is 283 g/mol. The SMILES string of the molecule is CCC1(C)CCSC(=NCCc2nc(C)cs2)N1. The van der Waals surface area contributed by atoms with Gasteiger partial charge in [0.05, 0.1) is 5.01 Å². The number of nitrogens with one attached hydrogen (secondary N) is 1. The molecule has 0 radical (unpaired) electrons. The molecule has 0 bridgehead atoms. The molecule has 1 aromatic rings. The molecule has 0 aromatic carbocycles. The van der Waals surface area contributed by atoms with Gasteiger partial charge in [-0.3, -0.25) is 4.99 Å². The number of hydrogen-bond acceptors (Lipinski definition) is 4. The van der Waals surface area contributed by atoms with Crippen molar-refractivity contribution in [1.29, 1.82) is 0 Å². The summed E-state index contributed by atoms with van der Waals surface area (Å²) in [5.74, 6) is 1.17. The van der Waals surface area contributed by atoms with Crippen LogP contribution in [-0.2, 0) is 6.42 Å². The van der Waals surface area contributed by atoms with E-state index < -0.39 is 0 Å². The van der Waals surface area contributed by atoms with Crippen LogP contribution in [0.5, 0.6) is 0 Å². The molecule has 0 amide bonds. The number of rotatable bonds is 4. The second-order valence-corrected chi connectivity index (χ2v) is 6.98. The molecule has 3 nitrogen and oxygen atoms in total. The van der Waals surface area contributed by atoms with E-state index in [4.69, 9.17) is 0 Å². The summed E-state index contributed by atoms with van der Waals surface area (Å²) >= 11 is 3.58. The minimum absolute atomic E-state index is 0.238. The number of amidine groups is 1. The summed E-state index contributed by atoms with van der Waals surface area (Å²) in [6.45, 7) is 7.39. The number of hydrogen-bond donors (Lipinski definition) is 1. The first-order chi connectivity index (χ1) is 8.61. The Hall–Kier alpha value is -0.550.